The average Bonchev–Trinajstić information content (AvgIpc) is 3.00. The first-order valence-corrected chi connectivity index (χ1v) is 10.1. The van der Waals surface area contributed by atoms with Crippen LogP contribution in [0.15, 0.2) is 51.5 Å². The van der Waals surface area contributed by atoms with Crippen LogP contribution in [0.25, 0.3) is 0 Å². The molecule has 2 heterocycles. The average molecular weight is 405 g/mol. The summed E-state index contributed by atoms with van der Waals surface area (Å²) in [7, 11) is -3.74. The molecule has 0 unspecified atom stereocenters. The van der Waals surface area contributed by atoms with Crippen molar-refractivity contribution in [3.8, 4) is 0 Å². The molecule has 0 bridgehead atoms. The highest BCUT2D eigenvalue weighted by molar-refractivity contribution is 7.93. The maximum absolute atomic E-state index is 12.3. The molecule has 1 aromatic carbocycles. The second kappa shape index (κ2) is 7.68. The van der Waals surface area contributed by atoms with Gasteiger partial charge in [0, 0.05) is 11.4 Å². The van der Waals surface area contributed by atoms with Gasteiger partial charge in [-0.2, -0.15) is 0 Å². The van der Waals surface area contributed by atoms with Gasteiger partial charge in [-0.1, -0.05) is 18.2 Å². The lowest BCUT2D eigenvalue weighted by molar-refractivity contribution is -0.115. The number of sulfonamides is 1. The Balaban J connectivity index is 1.65. The van der Waals surface area contributed by atoms with Gasteiger partial charge in [0.05, 0.1) is 17.0 Å². The lowest BCUT2D eigenvalue weighted by Crippen LogP contribution is -2.19. The number of rotatable bonds is 6. The number of carbonyl (C=O) groups excluding carboxylic acids is 1. The van der Waals surface area contributed by atoms with Crippen molar-refractivity contribution in [1.29, 1.82) is 0 Å². The first kappa shape index (κ1) is 18.7. The van der Waals surface area contributed by atoms with Crippen molar-refractivity contribution in [2.45, 2.75) is 18.2 Å². The quantitative estimate of drug-likeness (QED) is 0.569. The van der Waals surface area contributed by atoms with E-state index in [-0.39, 0.29) is 27.8 Å². The van der Waals surface area contributed by atoms with E-state index in [2.05, 4.69) is 25.0 Å². The topological polar surface area (TPSA) is 134 Å². The third-order valence-electron chi connectivity index (χ3n) is 3.30. The van der Waals surface area contributed by atoms with E-state index in [9.17, 15) is 18.0 Å². The molecule has 3 aromatic rings. The van der Waals surface area contributed by atoms with Crippen molar-refractivity contribution >= 4 is 38.2 Å². The number of thiazole rings is 1. The van der Waals surface area contributed by atoms with Crippen LogP contribution in [0.4, 0.5) is 10.9 Å². The number of carbonyl (C=O) groups is 1. The number of benzene rings is 1. The van der Waals surface area contributed by atoms with Gasteiger partial charge in [0.1, 0.15) is 11.6 Å². The molecule has 2 aromatic heterocycles. The van der Waals surface area contributed by atoms with E-state index in [0.717, 1.165) is 11.3 Å². The Bertz CT molecular complexity index is 1120. The van der Waals surface area contributed by atoms with Gasteiger partial charge in [-0.15, -0.1) is 11.3 Å². The number of H-pyrrole nitrogens is 1. The molecule has 3 rings (SSSR count). The highest BCUT2D eigenvalue weighted by atomic mass is 32.2. The normalized spacial score (nSPS) is 11.1. The number of hydrogen-bond donors (Lipinski definition) is 3. The van der Waals surface area contributed by atoms with Crippen molar-refractivity contribution < 1.29 is 13.2 Å². The van der Waals surface area contributed by atoms with Gasteiger partial charge in [0.2, 0.25) is 5.91 Å². The van der Waals surface area contributed by atoms with Gasteiger partial charge in [-0.25, -0.2) is 18.4 Å². The molecule has 0 saturated carbocycles. The molecule has 3 N–H and O–H groups in total. The second-order valence-corrected chi connectivity index (χ2v) is 8.04. The highest BCUT2D eigenvalue weighted by Crippen LogP contribution is 2.20. The van der Waals surface area contributed by atoms with E-state index in [1.54, 1.807) is 30.5 Å². The predicted octanol–water partition coefficient (Wildman–Crippen LogP) is 1.52. The third-order valence-corrected chi connectivity index (χ3v) is 5.59. The fourth-order valence-corrected chi connectivity index (χ4v) is 4.19. The minimum atomic E-state index is -3.74. The summed E-state index contributed by atoms with van der Waals surface area (Å²) in [5, 5.41) is 4.25. The predicted molar refractivity (Wildman–Crippen MR) is 101 cm³/mol. The Labute approximate surface area is 158 Å². The summed E-state index contributed by atoms with van der Waals surface area (Å²) in [4.78, 5) is 34.2. The molecule has 0 spiro atoms. The van der Waals surface area contributed by atoms with Crippen LogP contribution in [-0.4, -0.2) is 29.3 Å². The number of nitrogens with one attached hydrogen (secondary N) is 3. The first-order chi connectivity index (χ1) is 12.8. The zero-order chi connectivity index (χ0) is 19.4. The Kier molecular flexibility index (Phi) is 5.33. The van der Waals surface area contributed by atoms with E-state index >= 15 is 0 Å². The minimum absolute atomic E-state index is 0.0862. The Morgan fingerprint density at radius 3 is 2.67 bits per heavy atom. The number of anilines is 2. The molecular formula is C16H15N5O4S2. The van der Waals surface area contributed by atoms with Crippen LogP contribution in [0, 0.1) is 6.92 Å². The molecular weight excluding hydrogens is 390 g/mol. The fraction of sp³-hybridized carbons (Fsp3) is 0.125. The summed E-state index contributed by atoms with van der Waals surface area (Å²) < 4.78 is 26.9. The lowest BCUT2D eigenvalue weighted by Gasteiger charge is -2.04. The van der Waals surface area contributed by atoms with E-state index in [0.29, 0.717) is 11.5 Å². The number of aromatic amines is 1. The fourth-order valence-electron chi connectivity index (χ4n) is 2.20. The van der Waals surface area contributed by atoms with Crippen molar-refractivity contribution in [3.63, 3.8) is 0 Å². The van der Waals surface area contributed by atoms with Crippen molar-refractivity contribution in [1.82, 2.24) is 15.0 Å². The maximum Gasteiger partial charge on any atom is 0.263 e. The molecule has 11 heteroatoms. The molecule has 140 valence electrons. The van der Waals surface area contributed by atoms with E-state index in [4.69, 9.17) is 0 Å². The molecule has 0 radical (unpaired) electrons. The van der Waals surface area contributed by atoms with Gasteiger partial charge < -0.3 is 10.3 Å². The van der Waals surface area contributed by atoms with Gasteiger partial charge >= 0.3 is 0 Å². The highest BCUT2D eigenvalue weighted by Gasteiger charge is 2.16. The summed E-state index contributed by atoms with van der Waals surface area (Å²) in [6.45, 7) is 1.60. The number of hydrogen-bond acceptors (Lipinski definition) is 7. The summed E-state index contributed by atoms with van der Waals surface area (Å²) in [6.07, 6.45) is -0.0862. The standard InChI is InChI=1S/C16H15N5O4S2/c1-10-17-13(8-15(23)18-10)20-14(22)7-11-9-26-16(19-11)21-27(24,25)12-5-3-2-4-6-12/h2-6,8-9H,7H2,1H3,(H,19,21)(H2,17,18,20,22,23). The van der Waals surface area contributed by atoms with Gasteiger partial charge in [-0.05, 0) is 19.1 Å². The third kappa shape index (κ3) is 4.99. The zero-order valence-corrected chi connectivity index (χ0v) is 15.7. The molecule has 0 aliphatic heterocycles. The molecule has 0 aliphatic rings. The molecule has 1 amide bonds. The van der Waals surface area contributed by atoms with Gasteiger partial charge in [0.15, 0.2) is 5.13 Å². The smallest absolute Gasteiger partial charge is 0.263 e. The SMILES string of the molecule is Cc1nc(NC(=O)Cc2csc(NS(=O)(=O)c3ccccc3)n2)cc(=O)[nH]1. The van der Waals surface area contributed by atoms with Crippen LogP contribution in [0.5, 0.6) is 0 Å². The molecule has 0 saturated heterocycles. The summed E-state index contributed by atoms with van der Waals surface area (Å²) in [5.74, 6) is 0.0980. The summed E-state index contributed by atoms with van der Waals surface area (Å²) in [5.41, 5.74) is 0.0221. The van der Waals surface area contributed by atoms with Crippen LogP contribution >= 0.6 is 11.3 Å². The van der Waals surface area contributed by atoms with E-state index in [1.807, 2.05) is 0 Å². The van der Waals surface area contributed by atoms with Crippen LogP contribution in [0.2, 0.25) is 0 Å². The van der Waals surface area contributed by atoms with Crippen molar-refractivity contribution in [3.05, 3.63) is 63.7 Å². The first-order valence-electron chi connectivity index (χ1n) is 7.72. The number of aryl methyl sites for hydroxylation is 1. The summed E-state index contributed by atoms with van der Waals surface area (Å²) >= 11 is 1.07. The van der Waals surface area contributed by atoms with E-state index in [1.165, 1.54) is 18.2 Å². The van der Waals surface area contributed by atoms with Crippen molar-refractivity contribution in [2.24, 2.45) is 0 Å². The van der Waals surface area contributed by atoms with Crippen LogP contribution in [-0.2, 0) is 21.2 Å². The number of amides is 1. The van der Waals surface area contributed by atoms with Crippen molar-refractivity contribution in [2.75, 3.05) is 10.0 Å². The van der Waals surface area contributed by atoms with Gasteiger partial charge in [-0.3, -0.25) is 14.3 Å². The Morgan fingerprint density at radius 2 is 1.96 bits per heavy atom. The number of aromatic nitrogens is 3. The Morgan fingerprint density at radius 1 is 1.22 bits per heavy atom. The van der Waals surface area contributed by atoms with Crippen LogP contribution in [0.3, 0.4) is 0 Å². The second-order valence-electron chi connectivity index (χ2n) is 5.50. The maximum atomic E-state index is 12.3. The Hall–Kier alpha value is -3.05. The number of nitrogens with zero attached hydrogens (tertiary/aromatic N) is 2. The van der Waals surface area contributed by atoms with E-state index < -0.39 is 15.9 Å². The molecule has 9 nitrogen and oxygen atoms in total. The summed E-state index contributed by atoms with van der Waals surface area (Å²) in [6, 6.07) is 9.08. The minimum Gasteiger partial charge on any atom is -0.311 e. The largest absolute Gasteiger partial charge is 0.311 e. The molecule has 0 aliphatic carbocycles. The molecule has 0 atom stereocenters. The van der Waals surface area contributed by atoms with Gasteiger partial charge in [0.25, 0.3) is 15.6 Å². The monoisotopic (exact) mass is 405 g/mol. The molecule has 27 heavy (non-hydrogen) atoms. The zero-order valence-electron chi connectivity index (χ0n) is 14.1. The lowest BCUT2D eigenvalue weighted by atomic mass is 10.3. The van der Waals surface area contributed by atoms with Crippen LogP contribution in [0.1, 0.15) is 11.5 Å². The van der Waals surface area contributed by atoms with Crippen LogP contribution < -0.4 is 15.6 Å². The molecule has 0 fully saturated rings.